The van der Waals surface area contributed by atoms with E-state index in [0.717, 1.165) is 22.6 Å². The first-order valence-corrected chi connectivity index (χ1v) is 11.2. The Labute approximate surface area is 203 Å². The van der Waals surface area contributed by atoms with E-state index in [0.29, 0.717) is 13.2 Å². The van der Waals surface area contributed by atoms with Crippen LogP contribution in [0.2, 0.25) is 0 Å². The van der Waals surface area contributed by atoms with Gasteiger partial charge in [0, 0.05) is 25.9 Å². The van der Waals surface area contributed by atoms with Gasteiger partial charge in [-0.3, -0.25) is 19.3 Å². The highest BCUT2D eigenvalue weighted by Gasteiger charge is 2.32. The molecule has 2 heterocycles. The molecule has 0 fully saturated rings. The fraction of sp³-hybridized carbons (Fsp3) is 0.308. The topological polar surface area (TPSA) is 93.5 Å². The quantitative estimate of drug-likeness (QED) is 0.530. The summed E-state index contributed by atoms with van der Waals surface area (Å²) in [5.41, 5.74) is 1.58. The number of hydrogen-bond donors (Lipinski definition) is 1. The number of fused-ring (bicyclic) bond motifs is 1. The maximum atomic E-state index is 13.1. The van der Waals surface area contributed by atoms with Crippen LogP contribution < -0.4 is 19.9 Å². The molecule has 0 saturated heterocycles. The second-order valence-corrected chi connectivity index (χ2v) is 8.18. The molecule has 0 radical (unpaired) electrons. The van der Waals surface area contributed by atoms with Crippen molar-refractivity contribution in [2.75, 3.05) is 46.2 Å². The Kier molecular flexibility index (Phi) is 7.26. The number of benzene rings is 2. The largest absolute Gasteiger partial charge is 0.503 e. The van der Waals surface area contributed by atoms with Gasteiger partial charge in [0.05, 0.1) is 39.0 Å². The SMILES string of the molecule is COCCN1CN(C(c2ccc(OC)cc2)c2ccc(OC)cc2)n2ccc(=O)c(O)c2CC1=O. The van der Waals surface area contributed by atoms with E-state index in [2.05, 4.69) is 0 Å². The molecule has 3 aromatic rings. The molecule has 1 aliphatic heterocycles. The van der Waals surface area contributed by atoms with Crippen LogP contribution in [-0.4, -0.2) is 61.7 Å². The second-order valence-electron chi connectivity index (χ2n) is 8.18. The average molecular weight is 480 g/mol. The van der Waals surface area contributed by atoms with Crippen LogP contribution in [-0.2, 0) is 16.0 Å². The summed E-state index contributed by atoms with van der Waals surface area (Å²) >= 11 is 0. The number of aromatic hydroxyl groups is 1. The first-order valence-electron chi connectivity index (χ1n) is 11.2. The van der Waals surface area contributed by atoms with Crippen LogP contribution in [0, 0.1) is 0 Å². The number of carbonyl (C=O) groups is 1. The second kappa shape index (κ2) is 10.5. The fourth-order valence-corrected chi connectivity index (χ4v) is 4.25. The monoisotopic (exact) mass is 479 g/mol. The van der Waals surface area contributed by atoms with Crippen molar-refractivity contribution in [1.29, 1.82) is 0 Å². The van der Waals surface area contributed by atoms with Crippen molar-refractivity contribution in [3.05, 3.63) is 87.8 Å². The Balaban J connectivity index is 1.90. The van der Waals surface area contributed by atoms with Crippen molar-refractivity contribution >= 4 is 5.91 Å². The summed E-state index contributed by atoms with van der Waals surface area (Å²) in [5, 5.41) is 12.6. The van der Waals surface area contributed by atoms with E-state index in [1.165, 1.54) is 6.07 Å². The van der Waals surface area contributed by atoms with Crippen molar-refractivity contribution in [3.63, 3.8) is 0 Å². The van der Waals surface area contributed by atoms with E-state index in [4.69, 9.17) is 14.2 Å². The van der Waals surface area contributed by atoms with E-state index in [-0.39, 0.29) is 30.7 Å². The predicted octanol–water partition coefficient (Wildman–Crippen LogP) is 2.29. The molecule has 0 atom stereocenters. The summed E-state index contributed by atoms with van der Waals surface area (Å²) in [6.07, 6.45) is 1.49. The Morgan fingerprint density at radius 3 is 1.97 bits per heavy atom. The molecule has 1 aromatic heterocycles. The molecule has 184 valence electrons. The zero-order valence-electron chi connectivity index (χ0n) is 20.0. The molecular weight excluding hydrogens is 450 g/mol. The minimum atomic E-state index is -0.528. The van der Waals surface area contributed by atoms with Crippen molar-refractivity contribution in [2.24, 2.45) is 0 Å². The minimum Gasteiger partial charge on any atom is -0.503 e. The third-order valence-corrected chi connectivity index (χ3v) is 6.14. The zero-order valence-corrected chi connectivity index (χ0v) is 20.0. The molecule has 9 nitrogen and oxygen atoms in total. The van der Waals surface area contributed by atoms with Gasteiger partial charge in [-0.05, 0) is 35.4 Å². The molecule has 0 spiro atoms. The standard InChI is InChI=1S/C26H29N3O6/c1-33-15-14-27-17-29(28-13-12-23(30)26(32)22(28)16-24(27)31)25(18-4-8-20(34-2)9-5-18)19-6-10-21(35-3)11-7-19/h4-13,25,32H,14-17H2,1-3H3. The smallest absolute Gasteiger partial charge is 0.230 e. The van der Waals surface area contributed by atoms with Gasteiger partial charge in [0.1, 0.15) is 18.2 Å². The summed E-state index contributed by atoms with van der Waals surface area (Å²) in [5.74, 6) is 0.804. The number of amides is 1. The lowest BCUT2D eigenvalue weighted by atomic mass is 9.98. The Hall–Kier alpha value is -3.98. The molecule has 0 bridgehead atoms. The first kappa shape index (κ1) is 24.2. The van der Waals surface area contributed by atoms with E-state index in [1.54, 1.807) is 37.1 Å². The van der Waals surface area contributed by atoms with Crippen LogP contribution in [0.3, 0.4) is 0 Å². The van der Waals surface area contributed by atoms with Gasteiger partial charge in [-0.25, -0.2) is 0 Å². The highest BCUT2D eigenvalue weighted by atomic mass is 16.5. The van der Waals surface area contributed by atoms with E-state index >= 15 is 0 Å². The normalized spacial score (nSPS) is 13.5. The van der Waals surface area contributed by atoms with Gasteiger partial charge < -0.3 is 24.2 Å². The van der Waals surface area contributed by atoms with Crippen LogP contribution in [0.15, 0.2) is 65.6 Å². The maximum Gasteiger partial charge on any atom is 0.230 e. The van der Waals surface area contributed by atoms with Crippen LogP contribution >= 0.6 is 0 Å². The highest BCUT2D eigenvalue weighted by Crippen LogP contribution is 2.33. The van der Waals surface area contributed by atoms with Crippen molar-refractivity contribution in [3.8, 4) is 17.2 Å². The van der Waals surface area contributed by atoms with Crippen molar-refractivity contribution in [1.82, 2.24) is 9.58 Å². The van der Waals surface area contributed by atoms with Crippen LogP contribution in [0.5, 0.6) is 17.2 Å². The number of pyridine rings is 1. The molecule has 1 aliphatic rings. The first-order chi connectivity index (χ1) is 17.0. The molecule has 0 unspecified atom stereocenters. The molecule has 0 saturated carbocycles. The van der Waals surface area contributed by atoms with E-state index in [9.17, 15) is 14.7 Å². The highest BCUT2D eigenvalue weighted by molar-refractivity contribution is 5.79. The molecule has 4 rings (SSSR count). The summed E-state index contributed by atoms with van der Waals surface area (Å²) in [6, 6.07) is 16.3. The molecule has 1 amide bonds. The predicted molar refractivity (Wildman–Crippen MR) is 131 cm³/mol. The number of rotatable bonds is 8. The van der Waals surface area contributed by atoms with Crippen LogP contribution in [0.25, 0.3) is 0 Å². The van der Waals surface area contributed by atoms with Gasteiger partial charge in [-0.2, -0.15) is 0 Å². The Morgan fingerprint density at radius 1 is 0.886 bits per heavy atom. The van der Waals surface area contributed by atoms with Crippen molar-refractivity contribution < 1.29 is 24.1 Å². The number of nitrogens with zero attached hydrogens (tertiary/aromatic N) is 3. The lowest BCUT2D eigenvalue weighted by Crippen LogP contribution is -2.47. The number of aromatic nitrogens is 1. The Morgan fingerprint density at radius 2 is 1.46 bits per heavy atom. The average Bonchev–Trinajstić information content (AvgIpc) is 3.02. The third kappa shape index (κ3) is 4.95. The van der Waals surface area contributed by atoms with Crippen LogP contribution in [0.4, 0.5) is 0 Å². The summed E-state index contributed by atoms with van der Waals surface area (Å²) < 4.78 is 17.6. The summed E-state index contributed by atoms with van der Waals surface area (Å²) in [7, 11) is 4.80. The molecule has 9 heteroatoms. The zero-order chi connectivity index (χ0) is 24.9. The van der Waals surface area contributed by atoms with E-state index < -0.39 is 11.2 Å². The van der Waals surface area contributed by atoms with Crippen molar-refractivity contribution in [2.45, 2.75) is 12.5 Å². The number of methoxy groups -OCH3 is 3. The summed E-state index contributed by atoms with van der Waals surface area (Å²) in [4.78, 5) is 27.1. The molecule has 2 aromatic carbocycles. The maximum absolute atomic E-state index is 13.1. The van der Waals surface area contributed by atoms with Gasteiger partial charge in [-0.1, -0.05) is 24.3 Å². The molecule has 0 aliphatic carbocycles. The van der Waals surface area contributed by atoms with E-state index in [1.807, 2.05) is 53.5 Å². The number of ether oxygens (including phenoxy) is 3. The van der Waals surface area contributed by atoms with Gasteiger partial charge >= 0.3 is 0 Å². The molecule has 35 heavy (non-hydrogen) atoms. The van der Waals surface area contributed by atoms with Gasteiger partial charge in [0.15, 0.2) is 5.75 Å². The van der Waals surface area contributed by atoms with Gasteiger partial charge in [0.25, 0.3) is 0 Å². The molecular formula is C26H29N3O6. The minimum absolute atomic E-state index is 0.111. The Bertz CT molecular complexity index is 1180. The van der Waals surface area contributed by atoms with Gasteiger partial charge in [-0.15, -0.1) is 0 Å². The molecule has 1 N–H and O–H groups in total. The lowest BCUT2D eigenvalue weighted by molar-refractivity contribution is -0.130. The van der Waals surface area contributed by atoms with Gasteiger partial charge in [0.2, 0.25) is 11.3 Å². The lowest BCUT2D eigenvalue weighted by Gasteiger charge is -2.38. The number of carbonyl (C=O) groups excluding carboxylic acids is 1. The number of hydrogen-bond acceptors (Lipinski definition) is 7. The fourth-order valence-electron chi connectivity index (χ4n) is 4.25. The third-order valence-electron chi connectivity index (χ3n) is 6.14. The summed E-state index contributed by atoms with van der Waals surface area (Å²) in [6.45, 7) is 0.929. The van der Waals surface area contributed by atoms with Crippen LogP contribution in [0.1, 0.15) is 22.9 Å².